The Balaban J connectivity index is 1.41. The van der Waals surface area contributed by atoms with Gasteiger partial charge in [-0.3, -0.25) is 14.3 Å². The van der Waals surface area contributed by atoms with E-state index in [1.165, 1.54) is 17.2 Å². The van der Waals surface area contributed by atoms with Gasteiger partial charge in [0.15, 0.2) is 0 Å². The van der Waals surface area contributed by atoms with Crippen LogP contribution in [0.15, 0.2) is 54.6 Å². The summed E-state index contributed by atoms with van der Waals surface area (Å²) in [6.07, 6.45) is 5.37. The lowest BCUT2D eigenvalue weighted by Gasteiger charge is -2.07. The molecule has 1 heterocycles. The van der Waals surface area contributed by atoms with Gasteiger partial charge in [0.05, 0.1) is 12.2 Å². The number of carbonyl (C=O) groups is 2. The van der Waals surface area contributed by atoms with E-state index in [2.05, 4.69) is 46.9 Å². The Hall–Kier alpha value is -3.67. The summed E-state index contributed by atoms with van der Waals surface area (Å²) in [5.74, 6) is -0.360. The molecule has 1 saturated carbocycles. The Labute approximate surface area is 188 Å². The van der Waals surface area contributed by atoms with Gasteiger partial charge in [0.1, 0.15) is 0 Å². The van der Waals surface area contributed by atoms with E-state index >= 15 is 0 Å². The molecule has 1 aliphatic rings. The number of nitrogens with one attached hydrogen (secondary N) is 2. The van der Waals surface area contributed by atoms with Gasteiger partial charge in [-0.05, 0) is 63.5 Å². The van der Waals surface area contributed by atoms with Crippen LogP contribution in [-0.2, 0) is 11.3 Å². The molecular weight excluding hydrogens is 400 g/mol. The van der Waals surface area contributed by atoms with Crippen molar-refractivity contribution >= 4 is 23.6 Å². The van der Waals surface area contributed by atoms with Gasteiger partial charge in [-0.25, -0.2) is 0 Å². The normalized spacial score (nSPS) is 13.3. The molecule has 0 unspecified atom stereocenters. The van der Waals surface area contributed by atoms with E-state index in [-0.39, 0.29) is 11.8 Å². The predicted molar refractivity (Wildman–Crippen MR) is 127 cm³/mol. The molecule has 0 saturated heterocycles. The topological polar surface area (TPSA) is 76.0 Å². The van der Waals surface area contributed by atoms with Crippen LogP contribution in [0, 0.1) is 20.8 Å². The Kier molecular flexibility index (Phi) is 6.21. The third-order valence-electron chi connectivity index (χ3n) is 5.60. The summed E-state index contributed by atoms with van der Waals surface area (Å²) in [7, 11) is 0. The number of aromatic nitrogens is 2. The molecule has 3 aromatic rings. The van der Waals surface area contributed by atoms with Crippen molar-refractivity contribution in [1.29, 1.82) is 0 Å². The standard InChI is InChI=1S/C26H28N4O2/c1-17-7-9-20(10-8-17)16-30-19(3)24(18(2)29-30)13-14-25(31)27-23-6-4-5-21(15-23)26(32)28-22-11-12-22/h4-10,13-15,22H,11-12,16H2,1-3H3,(H,27,31)(H,28,32)/b14-13+. The lowest BCUT2D eigenvalue weighted by Crippen LogP contribution is -2.25. The monoisotopic (exact) mass is 428 g/mol. The van der Waals surface area contributed by atoms with Crippen LogP contribution < -0.4 is 10.6 Å². The van der Waals surface area contributed by atoms with Gasteiger partial charge in [-0.15, -0.1) is 0 Å². The first-order chi connectivity index (χ1) is 15.4. The van der Waals surface area contributed by atoms with Crippen LogP contribution in [0.4, 0.5) is 5.69 Å². The lowest BCUT2D eigenvalue weighted by atomic mass is 10.1. The Bertz CT molecular complexity index is 1170. The molecule has 4 rings (SSSR count). The van der Waals surface area contributed by atoms with Crippen molar-refractivity contribution in [2.45, 2.75) is 46.2 Å². The molecule has 6 nitrogen and oxygen atoms in total. The second-order valence-electron chi connectivity index (χ2n) is 8.38. The van der Waals surface area contributed by atoms with Crippen LogP contribution in [-0.4, -0.2) is 27.6 Å². The van der Waals surface area contributed by atoms with E-state index in [0.717, 1.165) is 29.8 Å². The smallest absolute Gasteiger partial charge is 0.251 e. The van der Waals surface area contributed by atoms with Gasteiger partial charge in [-0.1, -0.05) is 35.9 Å². The maximum atomic E-state index is 12.5. The predicted octanol–water partition coefficient (Wildman–Crippen LogP) is 4.40. The van der Waals surface area contributed by atoms with Gasteiger partial charge in [0, 0.05) is 34.6 Å². The van der Waals surface area contributed by atoms with Crippen molar-refractivity contribution in [3.63, 3.8) is 0 Å². The molecule has 2 aromatic carbocycles. The largest absolute Gasteiger partial charge is 0.349 e. The average molecular weight is 429 g/mol. The number of aryl methyl sites for hydroxylation is 2. The van der Waals surface area contributed by atoms with E-state index < -0.39 is 0 Å². The van der Waals surface area contributed by atoms with E-state index in [9.17, 15) is 9.59 Å². The molecule has 1 aromatic heterocycles. The van der Waals surface area contributed by atoms with Crippen LogP contribution in [0.5, 0.6) is 0 Å². The molecule has 1 fully saturated rings. The zero-order chi connectivity index (χ0) is 22.7. The van der Waals surface area contributed by atoms with Crippen LogP contribution in [0.2, 0.25) is 0 Å². The van der Waals surface area contributed by atoms with Crippen molar-refractivity contribution in [3.8, 4) is 0 Å². The van der Waals surface area contributed by atoms with Crippen LogP contribution in [0.1, 0.15) is 51.3 Å². The summed E-state index contributed by atoms with van der Waals surface area (Å²) in [5.41, 5.74) is 6.35. The molecule has 6 heteroatoms. The van der Waals surface area contributed by atoms with Crippen molar-refractivity contribution in [3.05, 3.63) is 88.2 Å². The number of anilines is 1. The molecule has 2 amide bonds. The van der Waals surface area contributed by atoms with E-state index in [1.54, 1.807) is 30.3 Å². The number of hydrogen-bond donors (Lipinski definition) is 2. The molecule has 0 spiro atoms. The maximum Gasteiger partial charge on any atom is 0.251 e. The van der Waals surface area contributed by atoms with Crippen LogP contribution in [0.25, 0.3) is 6.08 Å². The first-order valence-electron chi connectivity index (χ1n) is 10.9. The number of benzene rings is 2. The molecule has 0 atom stereocenters. The molecular formula is C26H28N4O2. The van der Waals surface area contributed by atoms with Crippen LogP contribution >= 0.6 is 0 Å². The van der Waals surface area contributed by atoms with Gasteiger partial charge in [0.25, 0.3) is 5.91 Å². The van der Waals surface area contributed by atoms with Crippen molar-refractivity contribution in [1.82, 2.24) is 15.1 Å². The lowest BCUT2D eigenvalue weighted by molar-refractivity contribution is -0.111. The molecule has 0 radical (unpaired) electrons. The first-order valence-corrected chi connectivity index (χ1v) is 10.9. The Morgan fingerprint density at radius 2 is 1.84 bits per heavy atom. The fraction of sp³-hybridized carbons (Fsp3) is 0.269. The molecule has 2 N–H and O–H groups in total. The minimum atomic E-state index is -0.255. The van der Waals surface area contributed by atoms with E-state index in [0.29, 0.717) is 23.8 Å². The highest BCUT2D eigenvalue weighted by atomic mass is 16.2. The highest BCUT2D eigenvalue weighted by Gasteiger charge is 2.23. The van der Waals surface area contributed by atoms with Gasteiger partial charge < -0.3 is 10.6 Å². The minimum absolute atomic E-state index is 0.105. The van der Waals surface area contributed by atoms with Crippen LogP contribution in [0.3, 0.4) is 0 Å². The number of rotatable bonds is 7. The summed E-state index contributed by atoms with van der Waals surface area (Å²) in [6.45, 7) is 6.70. The molecule has 32 heavy (non-hydrogen) atoms. The number of hydrogen-bond acceptors (Lipinski definition) is 3. The molecule has 0 aliphatic heterocycles. The molecule has 0 bridgehead atoms. The number of carbonyl (C=O) groups excluding carboxylic acids is 2. The highest BCUT2D eigenvalue weighted by molar-refractivity contribution is 6.03. The minimum Gasteiger partial charge on any atom is -0.349 e. The first kappa shape index (κ1) is 21.6. The molecule has 164 valence electrons. The zero-order valence-electron chi connectivity index (χ0n) is 18.7. The van der Waals surface area contributed by atoms with E-state index in [4.69, 9.17) is 0 Å². The molecule has 1 aliphatic carbocycles. The third-order valence-corrected chi connectivity index (χ3v) is 5.60. The summed E-state index contributed by atoms with van der Waals surface area (Å²) in [5, 5.41) is 10.4. The highest BCUT2D eigenvalue weighted by Crippen LogP contribution is 2.20. The summed E-state index contributed by atoms with van der Waals surface area (Å²) >= 11 is 0. The fourth-order valence-corrected chi connectivity index (χ4v) is 3.55. The summed E-state index contributed by atoms with van der Waals surface area (Å²) < 4.78 is 1.96. The van der Waals surface area contributed by atoms with E-state index in [1.807, 2.05) is 18.5 Å². The summed E-state index contributed by atoms with van der Waals surface area (Å²) in [4.78, 5) is 24.7. The number of nitrogens with zero attached hydrogens (tertiary/aromatic N) is 2. The number of amides is 2. The summed E-state index contributed by atoms with van der Waals surface area (Å²) in [6, 6.07) is 15.7. The second-order valence-corrected chi connectivity index (χ2v) is 8.38. The average Bonchev–Trinajstić information content (AvgIpc) is 3.54. The Morgan fingerprint density at radius 1 is 1.09 bits per heavy atom. The van der Waals surface area contributed by atoms with Gasteiger partial charge in [-0.2, -0.15) is 5.10 Å². The third kappa shape index (κ3) is 5.32. The second kappa shape index (κ2) is 9.22. The van der Waals surface area contributed by atoms with Crippen molar-refractivity contribution < 1.29 is 9.59 Å². The van der Waals surface area contributed by atoms with Crippen molar-refractivity contribution in [2.24, 2.45) is 0 Å². The van der Waals surface area contributed by atoms with Crippen molar-refractivity contribution in [2.75, 3.05) is 5.32 Å². The van der Waals surface area contributed by atoms with Gasteiger partial charge in [0.2, 0.25) is 5.91 Å². The SMILES string of the molecule is Cc1ccc(Cn2nc(C)c(/C=C/C(=O)Nc3cccc(C(=O)NC4CC4)c3)c2C)cc1. The maximum absolute atomic E-state index is 12.5. The fourth-order valence-electron chi connectivity index (χ4n) is 3.55. The quantitative estimate of drug-likeness (QED) is 0.548. The Morgan fingerprint density at radius 3 is 2.56 bits per heavy atom. The zero-order valence-corrected chi connectivity index (χ0v) is 18.7. The van der Waals surface area contributed by atoms with Gasteiger partial charge >= 0.3 is 0 Å².